The van der Waals surface area contributed by atoms with Crippen LogP contribution < -0.4 is 5.32 Å². The summed E-state index contributed by atoms with van der Waals surface area (Å²) in [5.74, 6) is 0.843. The van der Waals surface area contributed by atoms with Crippen molar-refractivity contribution < 1.29 is 0 Å². The predicted octanol–water partition coefficient (Wildman–Crippen LogP) is 4.69. The minimum Gasteiger partial charge on any atom is -0.308 e. The van der Waals surface area contributed by atoms with Crippen LogP contribution in [0.2, 0.25) is 0 Å². The van der Waals surface area contributed by atoms with E-state index in [1.807, 2.05) is 11.3 Å². The third-order valence-corrected chi connectivity index (χ3v) is 5.74. The Morgan fingerprint density at radius 3 is 2.38 bits per heavy atom. The highest BCUT2D eigenvalue weighted by Crippen LogP contribution is 2.37. The Morgan fingerprint density at radius 2 is 1.86 bits per heavy atom. The molecule has 0 spiro atoms. The van der Waals surface area contributed by atoms with Crippen molar-refractivity contribution in [1.82, 2.24) is 10.2 Å². The first-order valence-electron chi connectivity index (χ1n) is 8.62. The highest BCUT2D eigenvalue weighted by atomic mass is 32.1. The SMILES string of the molecule is CC(C)N(CCNC(c1cccs1)C1CCCC1)C(C)C. The van der Waals surface area contributed by atoms with Gasteiger partial charge >= 0.3 is 0 Å². The summed E-state index contributed by atoms with van der Waals surface area (Å²) in [6.07, 6.45) is 5.62. The highest BCUT2D eigenvalue weighted by molar-refractivity contribution is 7.10. The predicted molar refractivity (Wildman–Crippen MR) is 94.0 cm³/mol. The van der Waals surface area contributed by atoms with Crippen LogP contribution in [0.25, 0.3) is 0 Å². The fourth-order valence-electron chi connectivity index (χ4n) is 3.72. The number of nitrogens with zero attached hydrogens (tertiary/aromatic N) is 1. The molecule has 1 aliphatic carbocycles. The number of rotatable bonds is 8. The Kier molecular flexibility index (Phi) is 6.72. The first-order chi connectivity index (χ1) is 10.1. The molecular weight excluding hydrogens is 276 g/mol. The Balaban J connectivity index is 1.90. The standard InChI is InChI=1S/C18H32N2S/c1-14(2)20(15(3)4)12-11-19-18(16-8-5-6-9-16)17-10-7-13-21-17/h7,10,13-16,18-19H,5-6,8-9,11-12H2,1-4H3. The second-order valence-electron chi connectivity index (χ2n) is 6.92. The Hall–Kier alpha value is -0.380. The Bertz CT molecular complexity index is 372. The molecule has 21 heavy (non-hydrogen) atoms. The van der Waals surface area contributed by atoms with Crippen molar-refractivity contribution in [3.05, 3.63) is 22.4 Å². The van der Waals surface area contributed by atoms with Crippen LogP contribution in [0.1, 0.15) is 64.3 Å². The van der Waals surface area contributed by atoms with Crippen LogP contribution in [0.3, 0.4) is 0 Å². The van der Waals surface area contributed by atoms with Gasteiger partial charge in [-0.3, -0.25) is 4.90 Å². The minimum atomic E-state index is 0.577. The molecule has 1 N–H and O–H groups in total. The smallest absolute Gasteiger partial charge is 0.0443 e. The summed E-state index contributed by atoms with van der Waals surface area (Å²) in [7, 11) is 0. The van der Waals surface area contributed by atoms with E-state index < -0.39 is 0 Å². The van der Waals surface area contributed by atoms with Gasteiger partial charge in [-0.2, -0.15) is 0 Å². The van der Waals surface area contributed by atoms with E-state index in [0.29, 0.717) is 18.1 Å². The van der Waals surface area contributed by atoms with Gasteiger partial charge in [-0.15, -0.1) is 11.3 Å². The van der Waals surface area contributed by atoms with Crippen LogP contribution in [-0.4, -0.2) is 30.1 Å². The molecule has 120 valence electrons. The number of thiophene rings is 1. The second-order valence-corrected chi connectivity index (χ2v) is 7.90. The average Bonchev–Trinajstić information content (AvgIpc) is 3.11. The minimum absolute atomic E-state index is 0.577. The van der Waals surface area contributed by atoms with Crippen molar-refractivity contribution in [2.75, 3.05) is 13.1 Å². The molecule has 1 heterocycles. The molecule has 0 aliphatic heterocycles. The molecule has 2 rings (SSSR count). The summed E-state index contributed by atoms with van der Waals surface area (Å²) < 4.78 is 0. The summed E-state index contributed by atoms with van der Waals surface area (Å²) in [5.41, 5.74) is 0. The Morgan fingerprint density at radius 1 is 1.19 bits per heavy atom. The van der Waals surface area contributed by atoms with Gasteiger partial charge in [0.05, 0.1) is 0 Å². The first kappa shape index (κ1) is 17.0. The lowest BCUT2D eigenvalue weighted by molar-refractivity contribution is 0.171. The molecule has 0 amide bonds. The lowest BCUT2D eigenvalue weighted by Crippen LogP contribution is -2.42. The quantitative estimate of drug-likeness (QED) is 0.749. The van der Waals surface area contributed by atoms with Crippen LogP contribution in [0.4, 0.5) is 0 Å². The number of nitrogens with one attached hydrogen (secondary N) is 1. The van der Waals surface area contributed by atoms with Gasteiger partial charge < -0.3 is 5.32 Å². The van der Waals surface area contributed by atoms with Crippen molar-refractivity contribution in [3.8, 4) is 0 Å². The van der Waals surface area contributed by atoms with Crippen molar-refractivity contribution in [2.24, 2.45) is 5.92 Å². The zero-order valence-corrected chi connectivity index (χ0v) is 15.0. The van der Waals surface area contributed by atoms with E-state index in [0.717, 1.165) is 19.0 Å². The molecule has 1 unspecified atom stereocenters. The van der Waals surface area contributed by atoms with Gasteiger partial charge in [0.15, 0.2) is 0 Å². The van der Waals surface area contributed by atoms with Crippen LogP contribution in [-0.2, 0) is 0 Å². The molecule has 1 aliphatic rings. The summed E-state index contributed by atoms with van der Waals surface area (Å²) in [5, 5.41) is 6.09. The van der Waals surface area contributed by atoms with Gasteiger partial charge in [0, 0.05) is 36.1 Å². The van der Waals surface area contributed by atoms with Crippen molar-refractivity contribution in [2.45, 2.75) is 71.5 Å². The maximum Gasteiger partial charge on any atom is 0.0443 e. The normalized spacial score (nSPS) is 18.2. The van der Waals surface area contributed by atoms with E-state index >= 15 is 0 Å². The van der Waals surface area contributed by atoms with Crippen LogP contribution in [0.15, 0.2) is 17.5 Å². The fourth-order valence-corrected chi connectivity index (χ4v) is 4.61. The third kappa shape index (κ3) is 4.80. The van der Waals surface area contributed by atoms with E-state index in [1.165, 1.54) is 30.6 Å². The van der Waals surface area contributed by atoms with Gasteiger partial charge in [-0.05, 0) is 57.9 Å². The van der Waals surface area contributed by atoms with E-state index in [-0.39, 0.29) is 0 Å². The summed E-state index contributed by atoms with van der Waals surface area (Å²) in [6.45, 7) is 11.4. The maximum absolute atomic E-state index is 3.87. The first-order valence-corrected chi connectivity index (χ1v) is 9.50. The maximum atomic E-state index is 3.87. The van der Waals surface area contributed by atoms with Crippen molar-refractivity contribution in [1.29, 1.82) is 0 Å². The molecule has 3 heteroatoms. The molecule has 0 bridgehead atoms. The van der Waals surface area contributed by atoms with Gasteiger partial charge in [0.2, 0.25) is 0 Å². The third-order valence-electron chi connectivity index (χ3n) is 4.78. The molecule has 0 aromatic carbocycles. The molecule has 1 fully saturated rings. The summed E-state index contributed by atoms with van der Waals surface area (Å²) in [4.78, 5) is 4.11. The van der Waals surface area contributed by atoms with E-state index in [2.05, 4.69) is 55.4 Å². The van der Waals surface area contributed by atoms with E-state index in [1.54, 1.807) is 0 Å². The fraction of sp³-hybridized carbons (Fsp3) is 0.778. The number of hydrogen-bond acceptors (Lipinski definition) is 3. The second kappa shape index (κ2) is 8.30. The molecule has 0 saturated heterocycles. The van der Waals surface area contributed by atoms with E-state index in [4.69, 9.17) is 0 Å². The lowest BCUT2D eigenvalue weighted by Gasteiger charge is -2.32. The molecule has 2 nitrogen and oxygen atoms in total. The molecule has 1 saturated carbocycles. The largest absolute Gasteiger partial charge is 0.308 e. The van der Waals surface area contributed by atoms with Crippen molar-refractivity contribution >= 4 is 11.3 Å². The van der Waals surface area contributed by atoms with Gasteiger partial charge in [0.25, 0.3) is 0 Å². The van der Waals surface area contributed by atoms with Crippen LogP contribution in [0.5, 0.6) is 0 Å². The zero-order valence-electron chi connectivity index (χ0n) is 14.1. The monoisotopic (exact) mass is 308 g/mol. The van der Waals surface area contributed by atoms with Crippen LogP contribution >= 0.6 is 11.3 Å². The van der Waals surface area contributed by atoms with Gasteiger partial charge in [-0.25, -0.2) is 0 Å². The zero-order chi connectivity index (χ0) is 15.2. The summed E-state index contributed by atoms with van der Waals surface area (Å²) in [6, 6.07) is 6.33. The molecular formula is C18H32N2S. The lowest BCUT2D eigenvalue weighted by atomic mass is 9.96. The molecule has 1 aromatic heterocycles. The average molecular weight is 309 g/mol. The van der Waals surface area contributed by atoms with Crippen molar-refractivity contribution in [3.63, 3.8) is 0 Å². The molecule has 0 radical (unpaired) electrons. The molecule has 1 atom stereocenters. The highest BCUT2D eigenvalue weighted by Gasteiger charge is 2.26. The summed E-state index contributed by atoms with van der Waals surface area (Å²) >= 11 is 1.91. The molecule has 1 aromatic rings. The Labute approximate surface area is 134 Å². The van der Waals surface area contributed by atoms with Gasteiger partial charge in [-0.1, -0.05) is 18.9 Å². The van der Waals surface area contributed by atoms with E-state index in [9.17, 15) is 0 Å². The topological polar surface area (TPSA) is 15.3 Å². The van der Waals surface area contributed by atoms with Gasteiger partial charge in [0.1, 0.15) is 0 Å². The number of hydrogen-bond donors (Lipinski definition) is 1. The van der Waals surface area contributed by atoms with Crippen LogP contribution in [0, 0.1) is 5.92 Å².